The highest BCUT2D eigenvalue weighted by Gasteiger charge is 2.25. The Bertz CT molecular complexity index is 347. The summed E-state index contributed by atoms with van der Waals surface area (Å²) in [6.45, 7) is 10.2. The summed E-state index contributed by atoms with van der Waals surface area (Å²) in [5.74, 6) is 0.119. The van der Waals surface area contributed by atoms with Crippen molar-refractivity contribution >= 4 is 0 Å². The maximum absolute atomic E-state index is 9.04. The van der Waals surface area contributed by atoms with Gasteiger partial charge < -0.3 is 5.11 Å². The fraction of sp³-hybridized carbons (Fsp3) is 0.600. The molecule has 0 spiro atoms. The van der Waals surface area contributed by atoms with Crippen LogP contribution in [0, 0.1) is 0 Å². The number of rotatable bonds is 2. The van der Waals surface area contributed by atoms with Gasteiger partial charge in [-0.2, -0.15) is 0 Å². The molecule has 0 saturated heterocycles. The van der Waals surface area contributed by atoms with Gasteiger partial charge in [0.05, 0.1) is 5.21 Å². The van der Waals surface area contributed by atoms with E-state index >= 15 is 0 Å². The molecule has 0 bridgehead atoms. The van der Waals surface area contributed by atoms with Gasteiger partial charge in [0.15, 0.2) is 18.4 Å². The largest absolute Gasteiger partial charge is 0.509 e. The lowest BCUT2D eigenvalue weighted by Gasteiger charge is -2.12. The maximum Gasteiger partial charge on any atom is 0.172 e. The highest BCUT2D eigenvalue weighted by atomic mass is 16.3. The predicted molar refractivity (Wildman–Crippen MR) is 53.9 cm³/mol. The number of allylic oxidation sites excluding steroid dienone is 1. The molecule has 78 valence electrons. The van der Waals surface area contributed by atoms with Crippen molar-refractivity contribution in [2.24, 2.45) is 7.05 Å². The first kappa shape index (κ1) is 10.8. The molecule has 4 nitrogen and oxygen atoms in total. The van der Waals surface area contributed by atoms with Crippen LogP contribution in [0.25, 0.3) is 0 Å². The minimum Gasteiger partial charge on any atom is -0.509 e. The summed E-state index contributed by atoms with van der Waals surface area (Å²) in [6, 6.07) is 0. The van der Waals surface area contributed by atoms with E-state index in [0.29, 0.717) is 6.54 Å². The fourth-order valence-corrected chi connectivity index (χ4v) is 1.41. The van der Waals surface area contributed by atoms with E-state index in [-0.39, 0.29) is 11.2 Å². The summed E-state index contributed by atoms with van der Waals surface area (Å²) >= 11 is 0. The van der Waals surface area contributed by atoms with Crippen molar-refractivity contribution in [3.63, 3.8) is 0 Å². The quantitative estimate of drug-likeness (QED) is 0.568. The number of aliphatic hydroxyl groups excluding tert-OH is 1. The molecule has 1 aromatic rings. The standard InChI is InChI=1S/C10H17N3O/c1-8(14)6-13-7-9(10(2,3)4)12(5)11-13/h7H,1,6H2,2-5H3/p+1. The van der Waals surface area contributed by atoms with Gasteiger partial charge in [-0.15, -0.1) is 9.36 Å². The van der Waals surface area contributed by atoms with Crippen molar-refractivity contribution in [2.75, 3.05) is 0 Å². The first-order valence-electron chi connectivity index (χ1n) is 4.61. The van der Waals surface area contributed by atoms with Crippen LogP contribution < -0.4 is 4.68 Å². The molecule has 0 aliphatic rings. The molecule has 1 aromatic heterocycles. The lowest BCUT2D eigenvalue weighted by Crippen LogP contribution is -2.36. The number of aliphatic hydroxyl groups is 1. The SMILES string of the molecule is C=C(O)C[n+]1cc(C(C)(C)C)n(C)n1. The minimum absolute atomic E-state index is 0.0593. The van der Waals surface area contributed by atoms with E-state index in [1.165, 1.54) is 0 Å². The van der Waals surface area contributed by atoms with Gasteiger partial charge in [0.25, 0.3) is 0 Å². The number of hydrogen-bond donors (Lipinski definition) is 1. The molecule has 0 unspecified atom stereocenters. The molecule has 0 aliphatic carbocycles. The van der Waals surface area contributed by atoms with Crippen LogP contribution in [0.1, 0.15) is 26.5 Å². The Balaban J connectivity index is 2.99. The van der Waals surface area contributed by atoms with E-state index in [9.17, 15) is 0 Å². The van der Waals surface area contributed by atoms with Crippen molar-refractivity contribution in [2.45, 2.75) is 32.7 Å². The molecule has 0 aromatic carbocycles. The molecule has 0 saturated carbocycles. The second-order valence-corrected chi connectivity index (χ2v) is 4.54. The predicted octanol–water partition coefficient (Wildman–Crippen LogP) is 1.08. The Morgan fingerprint density at radius 1 is 1.64 bits per heavy atom. The molecule has 1 N–H and O–H groups in total. The van der Waals surface area contributed by atoms with Crippen LogP contribution in [0.4, 0.5) is 0 Å². The molecule has 1 heterocycles. The molecule has 0 amide bonds. The van der Waals surface area contributed by atoms with E-state index in [1.807, 2.05) is 17.9 Å². The fourth-order valence-electron chi connectivity index (χ4n) is 1.41. The molecule has 4 heteroatoms. The van der Waals surface area contributed by atoms with Crippen molar-refractivity contribution in [1.82, 2.24) is 9.90 Å². The van der Waals surface area contributed by atoms with E-state index in [0.717, 1.165) is 5.69 Å². The zero-order valence-corrected chi connectivity index (χ0v) is 9.28. The summed E-state index contributed by atoms with van der Waals surface area (Å²) in [7, 11) is 1.90. The van der Waals surface area contributed by atoms with Gasteiger partial charge in [0, 0.05) is 5.41 Å². The molecular formula is C10H18N3O+. The summed E-state index contributed by atoms with van der Waals surface area (Å²) < 4.78 is 3.51. The number of aryl methyl sites for hydroxylation is 1. The van der Waals surface area contributed by atoms with E-state index in [4.69, 9.17) is 5.11 Å². The first-order chi connectivity index (χ1) is 6.30. The van der Waals surface area contributed by atoms with Crippen molar-refractivity contribution in [3.05, 3.63) is 24.2 Å². The molecule has 0 aliphatic heterocycles. The maximum atomic E-state index is 9.04. The Morgan fingerprint density at radius 3 is 2.57 bits per heavy atom. The van der Waals surface area contributed by atoms with Crippen LogP contribution in [0.3, 0.4) is 0 Å². The Labute approximate surface area is 84.5 Å². The van der Waals surface area contributed by atoms with Crippen LogP contribution in [-0.2, 0) is 19.0 Å². The number of nitrogens with zero attached hydrogens (tertiary/aromatic N) is 3. The van der Waals surface area contributed by atoms with Gasteiger partial charge in [-0.3, -0.25) is 0 Å². The average molecular weight is 196 g/mol. The first-order valence-corrected chi connectivity index (χ1v) is 4.61. The van der Waals surface area contributed by atoms with Crippen LogP contribution in [0.2, 0.25) is 0 Å². The summed E-state index contributed by atoms with van der Waals surface area (Å²) in [5.41, 5.74) is 1.18. The second-order valence-electron chi connectivity index (χ2n) is 4.54. The van der Waals surface area contributed by atoms with E-state index < -0.39 is 0 Å². The molecule has 1 rings (SSSR count). The molecule has 14 heavy (non-hydrogen) atoms. The third-order valence-electron chi connectivity index (χ3n) is 1.98. The van der Waals surface area contributed by atoms with Crippen LogP contribution in [0.5, 0.6) is 0 Å². The Kier molecular flexibility index (Phi) is 2.64. The highest BCUT2D eigenvalue weighted by molar-refractivity contribution is 5.05. The topological polar surface area (TPSA) is 41.9 Å². The van der Waals surface area contributed by atoms with Gasteiger partial charge in [-0.1, -0.05) is 27.4 Å². The molecule has 0 radical (unpaired) electrons. The Hall–Kier alpha value is -1.32. The van der Waals surface area contributed by atoms with Crippen molar-refractivity contribution < 1.29 is 9.79 Å². The smallest absolute Gasteiger partial charge is 0.172 e. The zero-order chi connectivity index (χ0) is 10.9. The lowest BCUT2D eigenvalue weighted by atomic mass is 9.93. The summed E-state index contributed by atoms with van der Waals surface area (Å²) in [5, 5.41) is 13.3. The lowest BCUT2D eigenvalue weighted by molar-refractivity contribution is -0.750. The zero-order valence-electron chi connectivity index (χ0n) is 9.28. The van der Waals surface area contributed by atoms with Gasteiger partial charge in [0.2, 0.25) is 0 Å². The summed E-state index contributed by atoms with van der Waals surface area (Å²) in [4.78, 5) is 0. The van der Waals surface area contributed by atoms with Crippen LogP contribution >= 0.6 is 0 Å². The van der Waals surface area contributed by atoms with Crippen molar-refractivity contribution in [3.8, 4) is 0 Å². The number of hydrogen-bond acceptors (Lipinski definition) is 2. The van der Waals surface area contributed by atoms with Gasteiger partial charge in [-0.05, 0) is 0 Å². The molecular weight excluding hydrogens is 178 g/mol. The van der Waals surface area contributed by atoms with E-state index in [1.54, 1.807) is 4.68 Å². The third-order valence-corrected chi connectivity index (χ3v) is 1.98. The van der Waals surface area contributed by atoms with Gasteiger partial charge >= 0.3 is 0 Å². The average Bonchev–Trinajstić information content (AvgIpc) is 2.27. The Morgan fingerprint density at radius 2 is 2.21 bits per heavy atom. The monoisotopic (exact) mass is 196 g/mol. The van der Waals surface area contributed by atoms with Crippen LogP contribution in [-0.4, -0.2) is 15.0 Å². The van der Waals surface area contributed by atoms with Gasteiger partial charge in [-0.25, -0.2) is 0 Å². The second kappa shape index (κ2) is 3.44. The minimum atomic E-state index is 0.0593. The van der Waals surface area contributed by atoms with Crippen LogP contribution in [0.15, 0.2) is 18.5 Å². The highest BCUT2D eigenvalue weighted by Crippen LogP contribution is 2.19. The summed E-state index contributed by atoms with van der Waals surface area (Å²) in [6.07, 6.45) is 1.93. The van der Waals surface area contributed by atoms with Gasteiger partial charge in [0.1, 0.15) is 12.8 Å². The number of aromatic nitrogens is 3. The molecule has 0 fully saturated rings. The normalized spacial score (nSPS) is 11.7. The van der Waals surface area contributed by atoms with Crippen molar-refractivity contribution in [1.29, 1.82) is 0 Å². The third kappa shape index (κ3) is 2.34. The van der Waals surface area contributed by atoms with E-state index in [2.05, 4.69) is 32.6 Å². The molecule has 0 atom stereocenters.